The Morgan fingerprint density at radius 3 is 2.00 bits per heavy atom. The molecule has 0 aromatic heterocycles. The fourth-order valence-corrected chi connectivity index (χ4v) is 1.47. The van der Waals surface area contributed by atoms with Gasteiger partial charge in [-0.3, -0.25) is 0 Å². The van der Waals surface area contributed by atoms with Gasteiger partial charge < -0.3 is 4.90 Å². The molecule has 0 N–H and O–H groups in total. The summed E-state index contributed by atoms with van der Waals surface area (Å²) in [5, 5.41) is 0. The molecule has 0 aromatic rings. The van der Waals surface area contributed by atoms with Crippen LogP contribution in [0.25, 0.3) is 0 Å². The quantitative estimate of drug-likeness (QED) is 0.489. The van der Waals surface area contributed by atoms with Crippen LogP contribution in [0.1, 0.15) is 19.3 Å². The summed E-state index contributed by atoms with van der Waals surface area (Å²) in [6.07, 6.45) is 3.91. The van der Waals surface area contributed by atoms with Gasteiger partial charge in [0, 0.05) is 13.1 Å². The number of thiocarbonyl (C=S) groups is 1. The normalized spacial score (nSPS) is 17.9. The Labute approximate surface area is 83.2 Å². The van der Waals surface area contributed by atoms with Gasteiger partial charge in [0.2, 0.25) is 0 Å². The molecule has 4 heteroatoms. The van der Waals surface area contributed by atoms with Gasteiger partial charge in [-0.25, -0.2) is 0 Å². The fraction of sp³-hybridized carbons (Fsp3) is 0.833. The van der Waals surface area contributed by atoms with E-state index in [4.69, 9.17) is 12.2 Å². The van der Waals surface area contributed by atoms with Crippen molar-refractivity contribution in [2.45, 2.75) is 19.3 Å². The predicted octanol–water partition coefficient (Wildman–Crippen LogP) is 1.68. The van der Waals surface area contributed by atoms with Gasteiger partial charge in [-0.15, -0.1) is 12.6 Å². The van der Waals surface area contributed by atoms with Crippen LogP contribution in [0, 0.1) is 0 Å². The number of hydrogen-bond acceptors (Lipinski definition) is 1. The van der Waals surface area contributed by atoms with Gasteiger partial charge >= 0.3 is 16.8 Å². The zero-order valence-electron chi connectivity index (χ0n) is 5.67. The Morgan fingerprint density at radius 2 is 1.70 bits per heavy atom. The van der Waals surface area contributed by atoms with Crippen LogP contribution in [0.2, 0.25) is 0 Å². The van der Waals surface area contributed by atoms with Crippen molar-refractivity contribution in [2.75, 3.05) is 13.1 Å². The van der Waals surface area contributed by atoms with Gasteiger partial charge in [0.15, 0.2) is 0 Å². The molecule has 0 spiro atoms. The minimum atomic E-state index is 0. The van der Waals surface area contributed by atoms with Crippen LogP contribution in [-0.2, 0) is 16.8 Å². The smallest absolute Gasteiger partial charge is 0.358 e. The van der Waals surface area contributed by atoms with Crippen molar-refractivity contribution in [3.05, 3.63) is 0 Å². The molecule has 10 heavy (non-hydrogen) atoms. The van der Waals surface area contributed by atoms with Crippen LogP contribution in [0.5, 0.6) is 0 Å². The molecule has 58 valence electrons. The first-order valence-electron chi connectivity index (χ1n) is 3.28. The van der Waals surface area contributed by atoms with Gasteiger partial charge in [0.25, 0.3) is 0 Å². The maximum absolute atomic E-state index is 4.91. The van der Waals surface area contributed by atoms with E-state index in [2.05, 4.69) is 17.5 Å². The van der Waals surface area contributed by atoms with E-state index in [9.17, 15) is 0 Å². The molecule has 1 heterocycles. The molecule has 1 aliphatic heterocycles. The summed E-state index contributed by atoms with van der Waals surface area (Å²) in [7, 11) is 0. The van der Waals surface area contributed by atoms with Crippen LogP contribution in [0.3, 0.4) is 0 Å². The number of likely N-dealkylation sites (tertiary alicyclic amines) is 1. The molecule has 1 saturated heterocycles. The number of nitrogens with zero attached hydrogens (tertiary/aromatic N) is 1. The molecular weight excluding hydrogens is 209 g/mol. The Bertz CT molecular complexity index is 112. The van der Waals surface area contributed by atoms with Crippen molar-refractivity contribution in [3.63, 3.8) is 0 Å². The van der Waals surface area contributed by atoms with Gasteiger partial charge in [0.05, 0.1) is 0 Å². The standard InChI is InChI=1S/C6H11NS2.Co/c8-6(9)7-4-2-1-3-5-7;/h1-5H2,(H,8,9);/q;+3. The molecular formula is C6H11CoNS2+3. The van der Waals surface area contributed by atoms with Gasteiger partial charge in [-0.05, 0) is 19.3 Å². The maximum Gasteiger partial charge on any atom is 3.00 e. The molecule has 0 aliphatic carbocycles. The summed E-state index contributed by atoms with van der Waals surface area (Å²) in [4.78, 5) is 2.15. The second-order valence-electron chi connectivity index (χ2n) is 2.33. The van der Waals surface area contributed by atoms with Crippen LogP contribution in [0.15, 0.2) is 0 Å². The summed E-state index contributed by atoms with van der Waals surface area (Å²) in [5.74, 6) is 0. The average Bonchev–Trinajstić information content (AvgIpc) is 1.90. The number of hydrogen-bond donors (Lipinski definition) is 1. The Hall–Kier alpha value is 0.746. The van der Waals surface area contributed by atoms with E-state index in [-0.39, 0.29) is 16.8 Å². The Morgan fingerprint density at radius 1 is 1.20 bits per heavy atom. The average molecular weight is 220 g/mol. The molecule has 1 nitrogen and oxygen atoms in total. The van der Waals surface area contributed by atoms with Crippen molar-refractivity contribution in [2.24, 2.45) is 0 Å². The van der Waals surface area contributed by atoms with Crippen LogP contribution < -0.4 is 0 Å². The molecule has 0 bridgehead atoms. The van der Waals surface area contributed by atoms with Gasteiger partial charge in [-0.1, -0.05) is 12.2 Å². The molecule has 0 unspecified atom stereocenters. The molecule has 0 amide bonds. The number of piperidine rings is 1. The van der Waals surface area contributed by atoms with Crippen molar-refractivity contribution in [3.8, 4) is 0 Å². The summed E-state index contributed by atoms with van der Waals surface area (Å²) in [5.41, 5.74) is 0. The van der Waals surface area contributed by atoms with Crippen LogP contribution in [-0.4, -0.2) is 22.3 Å². The Balaban J connectivity index is 0.000000810. The largest absolute Gasteiger partial charge is 3.00 e. The summed E-state index contributed by atoms with van der Waals surface area (Å²) in [6.45, 7) is 2.23. The molecule has 0 atom stereocenters. The molecule has 0 saturated carbocycles. The molecule has 0 radical (unpaired) electrons. The first-order valence-corrected chi connectivity index (χ1v) is 4.14. The fourth-order valence-electron chi connectivity index (χ4n) is 1.09. The topological polar surface area (TPSA) is 3.24 Å². The number of thiol groups is 1. The zero-order valence-corrected chi connectivity index (χ0v) is 8.42. The van der Waals surface area contributed by atoms with E-state index < -0.39 is 0 Å². The van der Waals surface area contributed by atoms with E-state index in [1.54, 1.807) is 0 Å². The van der Waals surface area contributed by atoms with Crippen molar-refractivity contribution >= 4 is 29.2 Å². The van der Waals surface area contributed by atoms with Gasteiger partial charge in [-0.2, -0.15) is 0 Å². The third kappa shape index (κ3) is 3.23. The zero-order chi connectivity index (χ0) is 6.69. The van der Waals surface area contributed by atoms with Crippen molar-refractivity contribution < 1.29 is 16.8 Å². The maximum atomic E-state index is 4.91. The van der Waals surface area contributed by atoms with E-state index in [1.165, 1.54) is 19.3 Å². The second-order valence-corrected chi connectivity index (χ2v) is 3.44. The molecule has 1 rings (SSSR count). The van der Waals surface area contributed by atoms with Crippen LogP contribution >= 0.6 is 24.8 Å². The molecule has 1 fully saturated rings. The minimum absolute atomic E-state index is 0. The third-order valence-electron chi connectivity index (χ3n) is 1.63. The summed E-state index contributed by atoms with van der Waals surface area (Å²) >= 11 is 9.00. The first kappa shape index (κ1) is 10.7. The van der Waals surface area contributed by atoms with E-state index in [1.807, 2.05) is 0 Å². The second kappa shape index (κ2) is 5.40. The predicted molar refractivity (Wildman–Crippen MR) is 47.0 cm³/mol. The number of rotatable bonds is 0. The van der Waals surface area contributed by atoms with E-state index in [0.29, 0.717) is 0 Å². The monoisotopic (exact) mass is 220 g/mol. The molecule has 0 aromatic carbocycles. The minimum Gasteiger partial charge on any atom is -0.358 e. The van der Waals surface area contributed by atoms with E-state index >= 15 is 0 Å². The SMILES string of the molecule is S=C(S)N1CCCCC1.[Co+3]. The first-order chi connectivity index (χ1) is 4.30. The van der Waals surface area contributed by atoms with E-state index in [0.717, 1.165) is 17.4 Å². The van der Waals surface area contributed by atoms with Crippen LogP contribution in [0.4, 0.5) is 0 Å². The van der Waals surface area contributed by atoms with Gasteiger partial charge in [0.1, 0.15) is 4.32 Å². The Kier molecular flexibility index (Phi) is 5.81. The van der Waals surface area contributed by atoms with Crippen molar-refractivity contribution in [1.82, 2.24) is 4.90 Å². The molecule has 1 aliphatic rings. The van der Waals surface area contributed by atoms with Crippen molar-refractivity contribution in [1.29, 1.82) is 0 Å². The summed E-state index contributed by atoms with van der Waals surface area (Å²) in [6, 6.07) is 0. The third-order valence-corrected chi connectivity index (χ3v) is 2.17. The summed E-state index contributed by atoms with van der Waals surface area (Å²) < 4.78 is 0.759.